The number of nitrogens with zero attached hydrogens (tertiary/aromatic N) is 2. The lowest BCUT2D eigenvalue weighted by atomic mass is 10.0. The SMILES string of the molecule is BrP(Br)Br.C.NN.Nc1ccc(NC(=O)c2ccc3ccccc3c2O)cc1.Nc1ccc([N+](=O)[O-])cc1.O=C(Nc1ccc([N+](=O)[O-])cc1)c1ccc2ccccc2c1O.O=C(O)c1ccc2ccccc2c1O. The molecular formula is C52H48Br3N8O11P. The molecule has 0 fully saturated rings. The predicted molar refractivity (Wildman–Crippen MR) is 310 cm³/mol. The number of nitro benzene ring substituents is 2. The van der Waals surface area contributed by atoms with Crippen molar-refractivity contribution in [3.8, 4) is 17.2 Å². The molecule has 0 bridgehead atoms. The number of amides is 2. The third-order valence-corrected chi connectivity index (χ3v) is 10.0. The summed E-state index contributed by atoms with van der Waals surface area (Å²) in [7, 11) is 0. The molecule has 0 atom stereocenters. The highest BCUT2D eigenvalue weighted by atomic mass is 80.0. The number of carboxylic acid groups (broad SMARTS) is 1. The van der Waals surface area contributed by atoms with Crippen LogP contribution in [0.4, 0.5) is 34.1 Å². The topological polar surface area (TPSA) is 347 Å². The molecule has 0 aliphatic heterocycles. The summed E-state index contributed by atoms with van der Waals surface area (Å²) in [5.74, 6) is 5.76. The number of carboxylic acids is 1. The van der Waals surface area contributed by atoms with E-state index in [1.54, 1.807) is 78.9 Å². The number of carbonyl (C=O) groups is 3. The summed E-state index contributed by atoms with van der Waals surface area (Å²) in [6, 6.07) is 49.5. The van der Waals surface area contributed by atoms with Gasteiger partial charge in [-0.15, -0.1) is 0 Å². The van der Waals surface area contributed by atoms with Crippen molar-refractivity contribution in [2.45, 2.75) is 7.43 Å². The van der Waals surface area contributed by atoms with Crippen LogP contribution in [-0.2, 0) is 0 Å². The summed E-state index contributed by atoms with van der Waals surface area (Å²) in [6.07, 6.45) is 0. The molecule has 9 rings (SSSR count). The van der Waals surface area contributed by atoms with Crippen LogP contribution in [0.15, 0.2) is 182 Å². The molecular weight excluding hydrogens is 1180 g/mol. The number of benzene rings is 9. The molecule has 14 N–H and O–H groups in total. The van der Waals surface area contributed by atoms with Crippen LogP contribution in [0.3, 0.4) is 0 Å². The fourth-order valence-corrected chi connectivity index (χ4v) is 6.53. The number of phenols is 3. The van der Waals surface area contributed by atoms with E-state index >= 15 is 0 Å². The van der Waals surface area contributed by atoms with Gasteiger partial charge in [0.2, 0.25) is 0 Å². The first-order valence-corrected chi connectivity index (χ1v) is 28.4. The molecule has 75 heavy (non-hydrogen) atoms. The van der Waals surface area contributed by atoms with Crippen LogP contribution < -0.4 is 33.8 Å². The third kappa shape index (κ3) is 18.0. The molecule has 0 heterocycles. The van der Waals surface area contributed by atoms with Gasteiger partial charge in [0.15, 0.2) is 0 Å². The molecule has 23 heteroatoms. The minimum absolute atomic E-state index is 0. The lowest BCUT2D eigenvalue weighted by molar-refractivity contribution is -0.385. The minimum atomic E-state index is -1.12. The van der Waals surface area contributed by atoms with Crippen molar-refractivity contribution in [2.75, 3.05) is 22.1 Å². The number of non-ortho nitro benzene ring substituents is 2. The summed E-state index contributed by atoms with van der Waals surface area (Å²) in [6.45, 7) is 0. The first-order chi connectivity index (χ1) is 35.3. The fourth-order valence-electron chi connectivity index (χ4n) is 6.53. The number of hydrazine groups is 1. The molecule has 19 nitrogen and oxygen atoms in total. The summed E-state index contributed by atoms with van der Waals surface area (Å²) >= 11 is 9.51. The van der Waals surface area contributed by atoms with Crippen molar-refractivity contribution < 1.29 is 44.7 Å². The van der Waals surface area contributed by atoms with E-state index < -0.39 is 21.7 Å². The Kier molecular flexibility index (Phi) is 24.5. The van der Waals surface area contributed by atoms with Crippen LogP contribution in [0.2, 0.25) is 0 Å². The number of rotatable bonds is 7. The van der Waals surface area contributed by atoms with E-state index in [2.05, 4.69) is 68.8 Å². The molecule has 0 spiro atoms. The molecule has 388 valence electrons. The number of anilines is 4. The second-order valence-electron chi connectivity index (χ2n) is 14.7. The summed E-state index contributed by atoms with van der Waals surface area (Å²) < 4.78 is -0.183. The molecule has 0 saturated heterocycles. The second-order valence-corrected chi connectivity index (χ2v) is 30.1. The number of nitrogen functional groups attached to an aromatic ring is 2. The van der Waals surface area contributed by atoms with Gasteiger partial charge in [0.25, 0.3) is 23.2 Å². The Hall–Kier alpha value is -8.24. The first kappa shape index (κ1) is 61.1. The number of nitrogens with two attached hydrogens (primary N) is 4. The summed E-state index contributed by atoms with van der Waals surface area (Å²) in [4.78, 5) is 55.0. The highest BCUT2D eigenvalue weighted by Gasteiger charge is 2.16. The van der Waals surface area contributed by atoms with Gasteiger partial charge in [0, 0.05) is 63.2 Å². The van der Waals surface area contributed by atoms with Gasteiger partial charge in [-0.05, 0) is 129 Å². The molecule has 9 aromatic rings. The Bertz CT molecular complexity index is 3390. The third-order valence-electron chi connectivity index (χ3n) is 10.0. The van der Waals surface area contributed by atoms with Crippen molar-refractivity contribution in [2.24, 2.45) is 11.7 Å². The van der Waals surface area contributed by atoms with Gasteiger partial charge in [-0.1, -0.05) is 98.4 Å². The Morgan fingerprint density at radius 1 is 0.453 bits per heavy atom. The highest BCUT2D eigenvalue weighted by molar-refractivity contribution is 9.93. The number of nitrogens with one attached hydrogen (secondary N) is 2. The van der Waals surface area contributed by atoms with E-state index in [1.807, 2.05) is 48.5 Å². The summed E-state index contributed by atoms with van der Waals surface area (Å²) in [5.41, 5.74) is 13.4. The molecule has 9 aromatic carbocycles. The number of phenolic OH excluding ortho intramolecular Hbond substituents is 2. The smallest absolute Gasteiger partial charge is 0.339 e. The Morgan fingerprint density at radius 2 is 0.720 bits per heavy atom. The number of hydrogen-bond acceptors (Lipinski definition) is 14. The van der Waals surface area contributed by atoms with Crippen molar-refractivity contribution in [3.05, 3.63) is 219 Å². The zero-order valence-corrected chi connectivity index (χ0v) is 43.9. The molecule has 0 aliphatic rings. The number of halogens is 3. The lowest BCUT2D eigenvalue weighted by Crippen LogP contribution is -2.12. The number of aromatic hydroxyl groups is 3. The van der Waals surface area contributed by atoms with E-state index in [1.165, 1.54) is 54.6 Å². The van der Waals surface area contributed by atoms with Gasteiger partial charge in [0.05, 0.1) is 21.0 Å². The van der Waals surface area contributed by atoms with Crippen LogP contribution in [0.1, 0.15) is 38.5 Å². The molecule has 2 amide bonds. The minimum Gasteiger partial charge on any atom is -0.506 e. The van der Waals surface area contributed by atoms with Gasteiger partial charge < -0.3 is 42.5 Å². The van der Waals surface area contributed by atoms with E-state index in [0.717, 1.165) is 16.2 Å². The van der Waals surface area contributed by atoms with E-state index in [0.29, 0.717) is 38.9 Å². The fraction of sp³-hybridized carbons (Fsp3) is 0.0192. The number of aromatic carboxylic acids is 1. The first-order valence-electron chi connectivity index (χ1n) is 21.0. The van der Waals surface area contributed by atoms with Crippen molar-refractivity contribution >= 4 is 135 Å². The van der Waals surface area contributed by atoms with Crippen molar-refractivity contribution in [3.63, 3.8) is 0 Å². The molecule has 0 radical (unpaired) electrons. The Balaban J connectivity index is 0.000000262. The summed E-state index contributed by atoms with van der Waals surface area (Å²) in [5, 5.41) is 69.3. The maximum atomic E-state index is 12.3. The van der Waals surface area contributed by atoms with E-state index in [9.17, 15) is 49.9 Å². The van der Waals surface area contributed by atoms with Gasteiger partial charge in [-0.2, -0.15) is 0 Å². The van der Waals surface area contributed by atoms with Gasteiger partial charge in [-0.25, -0.2) is 4.79 Å². The second kappa shape index (κ2) is 30.1. The van der Waals surface area contributed by atoms with Crippen molar-refractivity contribution in [1.29, 1.82) is 0 Å². The quantitative estimate of drug-likeness (QED) is 0.0233. The zero-order valence-electron chi connectivity index (χ0n) is 38.3. The van der Waals surface area contributed by atoms with Crippen LogP contribution in [0, 0.1) is 20.2 Å². The standard InChI is InChI=1S/C17H12N2O4.C17H14N2O2.C11H8O3.C6H6N2O2.CH4.Br3P.H4N2/c20-16-14-4-2-1-3-11(14)5-10-15(16)17(21)18-12-6-8-13(9-7-12)19(22)23;18-12-6-8-13(9-7-12)19-17(21)15-10-5-11-3-1-2-4-14(11)16(15)20;12-10-8-4-2-1-3-7(8)5-6-9(10)11(13)14;7-5-1-3-6(4-2-5)8(9)10;;1-4(2)3;1-2/h1-10,20H,(H,18,21);1-10,20H,18H2,(H,19,21);1-6,12H,(H,13,14);1-4H,7H2;1H4;;1-2H2. The Labute approximate surface area is 454 Å². The Morgan fingerprint density at radius 3 is 1.04 bits per heavy atom. The zero-order chi connectivity index (χ0) is 54.5. The van der Waals surface area contributed by atoms with Crippen LogP contribution in [0.5, 0.6) is 17.2 Å². The molecule has 0 unspecified atom stereocenters. The van der Waals surface area contributed by atoms with Crippen molar-refractivity contribution in [1.82, 2.24) is 0 Å². The van der Waals surface area contributed by atoms with Crippen LogP contribution in [-0.4, -0.2) is 48.1 Å². The van der Waals surface area contributed by atoms with E-state index in [-0.39, 0.29) is 62.7 Å². The van der Waals surface area contributed by atoms with Gasteiger partial charge in [0.1, 0.15) is 26.8 Å². The van der Waals surface area contributed by atoms with Gasteiger partial charge >= 0.3 is 5.97 Å². The normalized spacial score (nSPS) is 9.84. The van der Waals surface area contributed by atoms with Crippen LogP contribution in [0.25, 0.3) is 32.3 Å². The maximum absolute atomic E-state index is 12.3. The highest BCUT2D eigenvalue weighted by Crippen LogP contribution is 2.59. The van der Waals surface area contributed by atoms with Gasteiger partial charge in [-0.3, -0.25) is 41.5 Å². The number of fused-ring (bicyclic) bond motifs is 3. The van der Waals surface area contributed by atoms with E-state index in [4.69, 9.17) is 16.6 Å². The average Bonchev–Trinajstić information content (AvgIpc) is 3.39. The lowest BCUT2D eigenvalue weighted by Gasteiger charge is -2.09. The number of nitro groups is 2. The molecule has 0 aliphatic carbocycles. The van der Waals surface area contributed by atoms with Crippen LogP contribution >= 0.6 is 50.5 Å². The monoisotopic (exact) mass is 1230 g/mol. The number of carbonyl (C=O) groups excluding carboxylic acids is 2. The molecule has 0 aromatic heterocycles. The number of hydrogen-bond donors (Lipinski definition) is 10. The predicted octanol–water partition coefficient (Wildman–Crippen LogP) is 13.4. The average molecular weight is 1230 g/mol. The largest absolute Gasteiger partial charge is 0.506 e. The molecule has 0 saturated carbocycles. The maximum Gasteiger partial charge on any atom is 0.339 e.